The molecule has 1 aromatic heterocycles. The Balaban J connectivity index is 1.41. The van der Waals surface area contributed by atoms with Crippen molar-refractivity contribution in [1.82, 2.24) is 14.9 Å². The molecule has 27 heavy (non-hydrogen) atoms. The van der Waals surface area contributed by atoms with E-state index in [4.69, 9.17) is 4.74 Å². The molecular formula is C21H28N4O2. The highest BCUT2D eigenvalue weighted by atomic mass is 16.5. The number of piperidine rings is 2. The van der Waals surface area contributed by atoms with Crippen LogP contribution in [0.4, 0.5) is 5.95 Å². The van der Waals surface area contributed by atoms with Crippen molar-refractivity contribution >= 4 is 5.95 Å². The maximum absolute atomic E-state index is 10.3. The van der Waals surface area contributed by atoms with Crippen LogP contribution in [-0.4, -0.2) is 65.4 Å². The molecule has 2 atom stereocenters. The summed E-state index contributed by atoms with van der Waals surface area (Å²) in [5.41, 5.74) is -0.109. The third-order valence-corrected chi connectivity index (χ3v) is 5.99. The zero-order chi connectivity index (χ0) is 18.5. The van der Waals surface area contributed by atoms with Crippen LogP contribution in [0, 0.1) is 5.41 Å². The van der Waals surface area contributed by atoms with Crippen LogP contribution in [0.1, 0.15) is 19.3 Å². The quantitative estimate of drug-likeness (QED) is 0.844. The highest BCUT2D eigenvalue weighted by molar-refractivity contribution is 5.31. The van der Waals surface area contributed by atoms with E-state index < -0.39 is 0 Å². The van der Waals surface area contributed by atoms with Gasteiger partial charge in [0.1, 0.15) is 12.4 Å². The number of hydrogen-bond donors (Lipinski definition) is 1. The first kappa shape index (κ1) is 18.2. The van der Waals surface area contributed by atoms with Crippen molar-refractivity contribution in [1.29, 1.82) is 0 Å². The van der Waals surface area contributed by atoms with Gasteiger partial charge in [-0.05, 0) is 44.0 Å². The van der Waals surface area contributed by atoms with E-state index in [1.54, 1.807) is 12.4 Å². The van der Waals surface area contributed by atoms with Gasteiger partial charge >= 0.3 is 0 Å². The van der Waals surface area contributed by atoms with Gasteiger partial charge in [-0.25, -0.2) is 9.97 Å². The largest absolute Gasteiger partial charge is 0.492 e. The molecule has 2 aliphatic rings. The second-order valence-corrected chi connectivity index (χ2v) is 7.60. The molecule has 0 spiro atoms. The van der Waals surface area contributed by atoms with Crippen LogP contribution in [0.3, 0.4) is 0 Å². The monoisotopic (exact) mass is 368 g/mol. The van der Waals surface area contributed by atoms with E-state index in [1.807, 2.05) is 36.4 Å². The first-order valence-corrected chi connectivity index (χ1v) is 9.85. The molecule has 1 N–H and O–H groups in total. The second kappa shape index (κ2) is 8.23. The average molecular weight is 368 g/mol. The predicted octanol–water partition coefficient (Wildman–Crippen LogP) is 2.21. The number of rotatable bonds is 6. The van der Waals surface area contributed by atoms with E-state index in [1.165, 1.54) is 0 Å². The summed E-state index contributed by atoms with van der Waals surface area (Å²) in [6, 6.07) is 12.2. The maximum Gasteiger partial charge on any atom is 0.225 e. The van der Waals surface area contributed by atoms with Crippen LogP contribution >= 0.6 is 0 Å². The Morgan fingerprint density at radius 2 is 1.93 bits per heavy atom. The Labute approximate surface area is 160 Å². The fourth-order valence-electron chi connectivity index (χ4n) is 4.68. The average Bonchev–Trinajstić information content (AvgIpc) is 2.75. The molecule has 6 heteroatoms. The number of aromatic nitrogens is 2. The summed E-state index contributed by atoms with van der Waals surface area (Å²) >= 11 is 0. The first-order chi connectivity index (χ1) is 13.3. The van der Waals surface area contributed by atoms with Gasteiger partial charge in [0.2, 0.25) is 5.95 Å². The molecule has 2 aliphatic heterocycles. The van der Waals surface area contributed by atoms with Crippen LogP contribution in [0.5, 0.6) is 5.75 Å². The van der Waals surface area contributed by atoms with Gasteiger partial charge in [-0.3, -0.25) is 4.90 Å². The minimum atomic E-state index is -0.109. The number of hydrogen-bond acceptors (Lipinski definition) is 6. The lowest BCUT2D eigenvalue weighted by atomic mass is 9.70. The normalized spacial score (nSPS) is 25.8. The Bertz CT molecular complexity index is 715. The number of ether oxygens (including phenoxy) is 1. The Morgan fingerprint density at radius 3 is 2.70 bits per heavy atom. The van der Waals surface area contributed by atoms with Gasteiger partial charge in [-0.2, -0.15) is 0 Å². The number of likely N-dealkylation sites (tertiary alicyclic amines) is 1. The number of aliphatic hydroxyl groups excluding tert-OH is 1. The molecule has 1 aromatic carbocycles. The van der Waals surface area contributed by atoms with Crippen molar-refractivity contribution in [3.8, 4) is 5.75 Å². The lowest BCUT2D eigenvalue weighted by Gasteiger charge is -2.54. The minimum Gasteiger partial charge on any atom is -0.492 e. The van der Waals surface area contributed by atoms with Gasteiger partial charge in [-0.15, -0.1) is 0 Å². The van der Waals surface area contributed by atoms with Crippen LogP contribution in [0.25, 0.3) is 0 Å². The van der Waals surface area contributed by atoms with Gasteiger partial charge in [0.25, 0.3) is 0 Å². The molecule has 3 heterocycles. The molecule has 0 saturated carbocycles. The topological polar surface area (TPSA) is 61.7 Å². The van der Waals surface area contributed by atoms with Gasteiger partial charge in [0, 0.05) is 43.5 Å². The maximum atomic E-state index is 10.3. The smallest absolute Gasteiger partial charge is 0.225 e. The van der Waals surface area contributed by atoms with E-state index in [0.717, 1.165) is 57.1 Å². The Kier molecular flexibility index (Phi) is 5.55. The van der Waals surface area contributed by atoms with Crippen LogP contribution in [-0.2, 0) is 0 Å². The summed E-state index contributed by atoms with van der Waals surface area (Å²) in [4.78, 5) is 13.6. The highest BCUT2D eigenvalue weighted by Gasteiger charge is 2.48. The van der Waals surface area contributed by atoms with E-state index in [2.05, 4.69) is 19.8 Å². The van der Waals surface area contributed by atoms with E-state index in [-0.39, 0.29) is 12.0 Å². The van der Waals surface area contributed by atoms with Gasteiger partial charge < -0.3 is 14.7 Å². The van der Waals surface area contributed by atoms with Gasteiger partial charge in [-0.1, -0.05) is 18.2 Å². The fourth-order valence-corrected chi connectivity index (χ4v) is 4.68. The molecular weight excluding hydrogens is 340 g/mol. The van der Waals surface area contributed by atoms with Crippen LogP contribution in [0.15, 0.2) is 48.8 Å². The summed E-state index contributed by atoms with van der Waals surface area (Å²) in [6.45, 7) is 4.58. The van der Waals surface area contributed by atoms with E-state index in [9.17, 15) is 5.11 Å². The molecule has 0 bridgehead atoms. The molecule has 4 rings (SSSR count). The Hall–Kier alpha value is -2.18. The molecule has 2 saturated heterocycles. The summed E-state index contributed by atoms with van der Waals surface area (Å²) < 4.78 is 5.91. The predicted molar refractivity (Wildman–Crippen MR) is 105 cm³/mol. The van der Waals surface area contributed by atoms with Crippen molar-refractivity contribution < 1.29 is 9.84 Å². The van der Waals surface area contributed by atoms with E-state index in [0.29, 0.717) is 12.6 Å². The fraction of sp³-hybridized carbons (Fsp3) is 0.524. The van der Waals surface area contributed by atoms with Gasteiger partial charge in [0.15, 0.2) is 0 Å². The Morgan fingerprint density at radius 1 is 1.11 bits per heavy atom. The summed E-state index contributed by atoms with van der Waals surface area (Å²) in [5, 5.41) is 10.3. The standard InChI is InChI=1S/C21H28N4O2/c26-17-21-9-4-12-24(14-15-27-18-6-2-1-3-7-18)19(21)8-13-25(16-21)20-22-10-5-11-23-20/h1-3,5-7,10-11,19,26H,4,8-9,12-17H2/t19-,21-/m1/s1. The number of fused-ring (bicyclic) bond motifs is 1. The first-order valence-electron chi connectivity index (χ1n) is 9.85. The van der Waals surface area contributed by atoms with Crippen LogP contribution < -0.4 is 9.64 Å². The molecule has 2 aromatic rings. The molecule has 0 radical (unpaired) electrons. The summed E-state index contributed by atoms with van der Waals surface area (Å²) in [6.07, 6.45) is 6.74. The molecule has 2 fully saturated rings. The van der Waals surface area contributed by atoms with E-state index >= 15 is 0 Å². The molecule has 0 unspecified atom stereocenters. The third kappa shape index (κ3) is 3.92. The third-order valence-electron chi connectivity index (χ3n) is 5.99. The molecule has 144 valence electrons. The van der Waals surface area contributed by atoms with Gasteiger partial charge in [0.05, 0.1) is 6.61 Å². The molecule has 0 aliphatic carbocycles. The number of anilines is 1. The lowest BCUT2D eigenvalue weighted by molar-refractivity contribution is -0.0401. The second-order valence-electron chi connectivity index (χ2n) is 7.60. The lowest BCUT2D eigenvalue weighted by Crippen LogP contribution is -2.63. The van der Waals surface area contributed by atoms with Crippen molar-refractivity contribution in [2.75, 3.05) is 44.3 Å². The number of benzene rings is 1. The number of para-hydroxylation sites is 1. The van der Waals surface area contributed by atoms with Crippen molar-refractivity contribution in [3.05, 3.63) is 48.8 Å². The molecule has 0 amide bonds. The summed E-state index contributed by atoms with van der Waals surface area (Å²) in [5.74, 6) is 1.69. The SMILES string of the molecule is OC[C@]12CCCN(CCOc3ccccc3)[C@@H]1CCN(c1ncccn1)C2. The molecule has 6 nitrogen and oxygen atoms in total. The number of nitrogens with zero attached hydrogens (tertiary/aromatic N) is 4. The highest BCUT2D eigenvalue weighted by Crippen LogP contribution is 2.41. The summed E-state index contributed by atoms with van der Waals surface area (Å²) in [7, 11) is 0. The van der Waals surface area contributed by atoms with Crippen LogP contribution in [0.2, 0.25) is 0 Å². The minimum absolute atomic E-state index is 0.109. The number of aliphatic hydroxyl groups is 1. The van der Waals surface area contributed by atoms with Crippen molar-refractivity contribution in [2.24, 2.45) is 5.41 Å². The van der Waals surface area contributed by atoms with Crippen molar-refractivity contribution in [3.63, 3.8) is 0 Å². The zero-order valence-electron chi connectivity index (χ0n) is 15.7. The zero-order valence-corrected chi connectivity index (χ0v) is 15.7. The van der Waals surface area contributed by atoms with Crippen molar-refractivity contribution in [2.45, 2.75) is 25.3 Å².